The van der Waals surface area contributed by atoms with E-state index in [9.17, 15) is 19.1 Å². The van der Waals surface area contributed by atoms with Crippen molar-refractivity contribution in [2.45, 2.75) is 18.4 Å². The zero-order valence-electron chi connectivity index (χ0n) is 15.9. The number of fused-ring (bicyclic) bond motifs is 1. The van der Waals surface area contributed by atoms with Gasteiger partial charge in [0.15, 0.2) is 0 Å². The minimum Gasteiger partial charge on any atom is -0.508 e. The highest BCUT2D eigenvalue weighted by atomic mass is 35.5. The molecule has 3 N–H and O–H groups in total. The molecule has 2 atom stereocenters. The van der Waals surface area contributed by atoms with E-state index in [-0.39, 0.29) is 28.1 Å². The minimum atomic E-state index is -0.788. The van der Waals surface area contributed by atoms with Gasteiger partial charge in [0.1, 0.15) is 11.6 Å². The lowest BCUT2D eigenvalue weighted by atomic mass is 9.95. The van der Waals surface area contributed by atoms with Crippen LogP contribution in [0.4, 0.5) is 10.1 Å². The standard InChI is InChI=1S/C22H16Cl2FN3O3/c23-16-9-26-10-17(24)20(16)21(11-1-3-12(25)4-2-11)28-19(30)8-15-14-7-13(29)5-6-18(14)27-22(15)31/h1-7,9-10,15,21,29H,8H2,(H,27,31)(H,28,30). The number of rotatable bonds is 5. The topological polar surface area (TPSA) is 91.3 Å². The van der Waals surface area contributed by atoms with Crippen molar-refractivity contribution < 1.29 is 19.1 Å². The van der Waals surface area contributed by atoms with Crippen LogP contribution in [0.5, 0.6) is 5.75 Å². The number of halogens is 3. The second-order valence-corrected chi connectivity index (χ2v) is 7.90. The summed E-state index contributed by atoms with van der Waals surface area (Å²) < 4.78 is 13.4. The van der Waals surface area contributed by atoms with Gasteiger partial charge in [-0.3, -0.25) is 14.6 Å². The summed E-state index contributed by atoms with van der Waals surface area (Å²) in [5.74, 6) is -1.98. The number of aromatic nitrogens is 1. The van der Waals surface area contributed by atoms with Crippen molar-refractivity contribution in [2.75, 3.05) is 5.32 Å². The number of aromatic hydroxyl groups is 1. The Morgan fingerprint density at radius 2 is 1.84 bits per heavy atom. The average molecular weight is 460 g/mol. The molecule has 31 heavy (non-hydrogen) atoms. The van der Waals surface area contributed by atoms with Gasteiger partial charge in [-0.15, -0.1) is 0 Å². The van der Waals surface area contributed by atoms with Gasteiger partial charge >= 0.3 is 0 Å². The Balaban J connectivity index is 1.64. The number of nitrogens with zero attached hydrogens (tertiary/aromatic N) is 1. The fraction of sp³-hybridized carbons (Fsp3) is 0.136. The van der Waals surface area contributed by atoms with Gasteiger partial charge in [-0.25, -0.2) is 4.39 Å². The quantitative estimate of drug-likeness (QED) is 0.487. The molecule has 1 aliphatic heterocycles. The van der Waals surface area contributed by atoms with E-state index < -0.39 is 23.7 Å². The molecule has 4 rings (SSSR count). The number of nitrogens with one attached hydrogen (secondary N) is 2. The summed E-state index contributed by atoms with van der Waals surface area (Å²) in [6, 6.07) is 9.27. The first-order valence-electron chi connectivity index (χ1n) is 9.31. The molecule has 2 heterocycles. The van der Waals surface area contributed by atoms with Gasteiger partial charge < -0.3 is 15.7 Å². The number of phenols is 1. The molecule has 6 nitrogen and oxygen atoms in total. The highest BCUT2D eigenvalue weighted by Crippen LogP contribution is 2.38. The maximum absolute atomic E-state index is 13.4. The van der Waals surface area contributed by atoms with E-state index in [0.717, 1.165) is 0 Å². The number of phenolic OH excluding ortho intramolecular Hbond substituents is 1. The van der Waals surface area contributed by atoms with E-state index >= 15 is 0 Å². The summed E-state index contributed by atoms with van der Waals surface area (Å²) in [5.41, 5.74) is 2.06. The van der Waals surface area contributed by atoms with Crippen molar-refractivity contribution >= 4 is 40.7 Å². The van der Waals surface area contributed by atoms with E-state index in [0.29, 0.717) is 22.4 Å². The molecular weight excluding hydrogens is 444 g/mol. The van der Waals surface area contributed by atoms with E-state index in [1.54, 1.807) is 6.07 Å². The van der Waals surface area contributed by atoms with Crippen LogP contribution in [0, 0.1) is 5.82 Å². The van der Waals surface area contributed by atoms with Crippen molar-refractivity contribution in [2.24, 2.45) is 0 Å². The SMILES string of the molecule is O=C(CC1C(=O)Nc2ccc(O)cc21)NC(c1ccc(F)cc1)c1c(Cl)cncc1Cl. The Morgan fingerprint density at radius 1 is 1.16 bits per heavy atom. The number of hydrogen-bond acceptors (Lipinski definition) is 4. The van der Waals surface area contributed by atoms with Crippen LogP contribution < -0.4 is 10.6 Å². The van der Waals surface area contributed by atoms with Crippen LogP contribution in [-0.4, -0.2) is 21.9 Å². The molecule has 158 valence electrons. The highest BCUT2D eigenvalue weighted by molar-refractivity contribution is 6.36. The number of carbonyl (C=O) groups excluding carboxylic acids is 2. The van der Waals surface area contributed by atoms with Crippen LogP contribution in [0.3, 0.4) is 0 Å². The summed E-state index contributed by atoms with van der Waals surface area (Å²) in [4.78, 5) is 29.3. The van der Waals surface area contributed by atoms with Crippen LogP contribution in [0.25, 0.3) is 0 Å². The zero-order chi connectivity index (χ0) is 22.1. The van der Waals surface area contributed by atoms with Gasteiger partial charge in [0, 0.05) is 30.1 Å². The number of hydrogen-bond donors (Lipinski definition) is 3. The van der Waals surface area contributed by atoms with Gasteiger partial charge in [-0.2, -0.15) is 0 Å². The first kappa shape index (κ1) is 21.1. The Kier molecular flexibility index (Phi) is 5.80. The predicted octanol–water partition coefficient (Wildman–Crippen LogP) is 4.56. The maximum Gasteiger partial charge on any atom is 0.232 e. The predicted molar refractivity (Wildman–Crippen MR) is 115 cm³/mol. The van der Waals surface area contributed by atoms with Crippen molar-refractivity contribution in [3.8, 4) is 5.75 Å². The third-order valence-corrected chi connectivity index (χ3v) is 5.66. The average Bonchev–Trinajstić information content (AvgIpc) is 3.02. The largest absolute Gasteiger partial charge is 0.508 e. The smallest absolute Gasteiger partial charge is 0.232 e. The van der Waals surface area contributed by atoms with Crippen molar-refractivity contribution in [1.82, 2.24) is 10.3 Å². The molecule has 0 radical (unpaired) electrons. The molecule has 0 saturated heterocycles. The Morgan fingerprint density at radius 3 is 2.52 bits per heavy atom. The molecule has 2 aromatic carbocycles. The molecule has 0 fully saturated rings. The fourth-order valence-corrected chi connectivity index (χ4v) is 4.18. The van der Waals surface area contributed by atoms with E-state index in [4.69, 9.17) is 23.2 Å². The van der Waals surface area contributed by atoms with Gasteiger partial charge in [0.2, 0.25) is 11.8 Å². The molecule has 2 amide bonds. The molecule has 1 aliphatic rings. The highest BCUT2D eigenvalue weighted by Gasteiger charge is 2.33. The second kappa shape index (κ2) is 8.53. The maximum atomic E-state index is 13.4. The molecule has 0 aliphatic carbocycles. The molecule has 9 heteroatoms. The van der Waals surface area contributed by atoms with Gasteiger partial charge in [-0.05, 0) is 41.5 Å². The number of anilines is 1. The second-order valence-electron chi connectivity index (χ2n) is 7.09. The Labute approximate surface area is 187 Å². The van der Waals surface area contributed by atoms with E-state index in [1.807, 2.05) is 0 Å². The van der Waals surface area contributed by atoms with E-state index in [2.05, 4.69) is 15.6 Å². The lowest BCUT2D eigenvalue weighted by molar-refractivity contribution is -0.125. The van der Waals surface area contributed by atoms with Crippen LogP contribution in [0.15, 0.2) is 54.9 Å². The minimum absolute atomic E-state index is 0.000182. The van der Waals surface area contributed by atoms with E-state index in [1.165, 1.54) is 48.8 Å². The number of carbonyl (C=O) groups is 2. The Bertz CT molecular complexity index is 1150. The molecule has 2 unspecified atom stereocenters. The van der Waals surface area contributed by atoms with Crippen molar-refractivity contribution in [3.63, 3.8) is 0 Å². The molecule has 0 spiro atoms. The first-order valence-corrected chi connectivity index (χ1v) is 10.1. The van der Waals surface area contributed by atoms with Gasteiger partial charge in [0.05, 0.1) is 22.0 Å². The molecular formula is C22H16Cl2FN3O3. The summed E-state index contributed by atoms with van der Waals surface area (Å²) in [5, 5.41) is 15.8. The van der Waals surface area contributed by atoms with Gasteiger partial charge in [0.25, 0.3) is 0 Å². The third-order valence-electron chi connectivity index (χ3n) is 5.06. The van der Waals surface area contributed by atoms with Crippen LogP contribution in [-0.2, 0) is 9.59 Å². The zero-order valence-corrected chi connectivity index (χ0v) is 17.4. The lowest BCUT2D eigenvalue weighted by Gasteiger charge is -2.22. The fourth-order valence-electron chi connectivity index (χ4n) is 3.60. The van der Waals surface area contributed by atoms with Crippen molar-refractivity contribution in [3.05, 3.63) is 87.4 Å². The summed E-state index contributed by atoms with van der Waals surface area (Å²) >= 11 is 12.6. The molecule has 0 bridgehead atoms. The van der Waals surface area contributed by atoms with Crippen LogP contribution >= 0.6 is 23.2 Å². The lowest BCUT2D eigenvalue weighted by Crippen LogP contribution is -2.32. The summed E-state index contributed by atoms with van der Waals surface area (Å²) in [6.45, 7) is 0. The normalized spacial score (nSPS) is 15.8. The van der Waals surface area contributed by atoms with Crippen LogP contribution in [0.2, 0.25) is 10.0 Å². The molecule has 1 aromatic heterocycles. The summed E-state index contributed by atoms with van der Waals surface area (Å²) in [7, 11) is 0. The number of pyridine rings is 1. The van der Waals surface area contributed by atoms with Crippen molar-refractivity contribution in [1.29, 1.82) is 0 Å². The summed E-state index contributed by atoms with van der Waals surface area (Å²) in [6.07, 6.45) is 2.63. The molecule has 0 saturated carbocycles. The monoisotopic (exact) mass is 459 g/mol. The first-order chi connectivity index (χ1) is 14.8. The number of benzene rings is 2. The van der Waals surface area contributed by atoms with Gasteiger partial charge in [-0.1, -0.05) is 35.3 Å². The third kappa shape index (κ3) is 4.33. The Hall–Kier alpha value is -3.16. The number of amides is 2. The molecule has 3 aromatic rings. The van der Waals surface area contributed by atoms with Crippen LogP contribution in [0.1, 0.15) is 35.1 Å².